The van der Waals surface area contributed by atoms with Gasteiger partial charge >= 0.3 is 0 Å². The van der Waals surface area contributed by atoms with Gasteiger partial charge in [-0.3, -0.25) is 5.10 Å². The molecule has 0 saturated heterocycles. The summed E-state index contributed by atoms with van der Waals surface area (Å²) < 4.78 is 31.5. The van der Waals surface area contributed by atoms with Crippen molar-refractivity contribution in [2.24, 2.45) is 0 Å². The highest BCUT2D eigenvalue weighted by Crippen LogP contribution is 2.24. The first-order valence-electron chi connectivity index (χ1n) is 5.08. The average Bonchev–Trinajstić information content (AvgIpc) is 2.58. The van der Waals surface area contributed by atoms with Crippen LogP contribution in [-0.2, 0) is 14.8 Å². The quantitative estimate of drug-likeness (QED) is 0.792. The molecular formula is C9H15N3O3S. The van der Waals surface area contributed by atoms with Crippen LogP contribution < -0.4 is 4.72 Å². The predicted octanol–water partition coefficient (Wildman–Crippen LogP) is 0.174. The fourth-order valence-corrected chi connectivity index (χ4v) is 3.15. The molecule has 0 aromatic carbocycles. The minimum absolute atomic E-state index is 0.0238. The largest absolute Gasteiger partial charge is 0.381 e. The molecule has 0 aliphatic heterocycles. The normalized spacial score (nSPS) is 25.4. The smallest absolute Gasteiger partial charge is 0.244 e. The average molecular weight is 245 g/mol. The van der Waals surface area contributed by atoms with E-state index in [1.54, 1.807) is 14.0 Å². The van der Waals surface area contributed by atoms with Crippen molar-refractivity contribution in [3.05, 3.63) is 11.9 Å². The highest BCUT2D eigenvalue weighted by Gasteiger charge is 2.33. The molecule has 2 rings (SSSR count). The Morgan fingerprint density at radius 2 is 2.25 bits per heavy atom. The van der Waals surface area contributed by atoms with Gasteiger partial charge in [-0.2, -0.15) is 5.10 Å². The Labute approximate surface area is 94.4 Å². The van der Waals surface area contributed by atoms with Gasteiger partial charge in [0.05, 0.1) is 18.0 Å². The van der Waals surface area contributed by atoms with E-state index in [2.05, 4.69) is 14.9 Å². The molecule has 6 nitrogen and oxygen atoms in total. The van der Waals surface area contributed by atoms with Gasteiger partial charge in [0.15, 0.2) is 0 Å². The first-order valence-corrected chi connectivity index (χ1v) is 6.56. The van der Waals surface area contributed by atoms with E-state index in [1.165, 1.54) is 6.20 Å². The molecule has 1 aromatic heterocycles. The van der Waals surface area contributed by atoms with Crippen molar-refractivity contribution in [3.8, 4) is 0 Å². The zero-order valence-corrected chi connectivity index (χ0v) is 10.0. The van der Waals surface area contributed by atoms with Crippen LogP contribution in [0, 0.1) is 6.92 Å². The van der Waals surface area contributed by atoms with Gasteiger partial charge in [0.1, 0.15) is 4.90 Å². The van der Waals surface area contributed by atoms with E-state index in [9.17, 15) is 8.42 Å². The van der Waals surface area contributed by atoms with Gasteiger partial charge in [-0.25, -0.2) is 13.1 Å². The van der Waals surface area contributed by atoms with Crippen molar-refractivity contribution in [2.45, 2.75) is 36.8 Å². The second-order valence-corrected chi connectivity index (χ2v) is 5.69. The topological polar surface area (TPSA) is 84.1 Å². The van der Waals surface area contributed by atoms with Crippen LogP contribution in [0.2, 0.25) is 0 Å². The summed E-state index contributed by atoms with van der Waals surface area (Å²) in [7, 11) is -1.80. The molecule has 90 valence electrons. The summed E-state index contributed by atoms with van der Waals surface area (Å²) in [5, 5.41) is 6.31. The number of aryl methyl sites for hydroxylation is 1. The summed E-state index contributed by atoms with van der Waals surface area (Å²) in [6.45, 7) is 1.68. The third-order valence-electron chi connectivity index (χ3n) is 2.82. The Bertz CT molecular complexity index is 462. The number of sulfonamides is 1. The van der Waals surface area contributed by atoms with Crippen LogP contribution >= 0.6 is 0 Å². The molecule has 0 atom stereocenters. The van der Waals surface area contributed by atoms with Crippen LogP contribution in [0.1, 0.15) is 18.5 Å². The lowest BCUT2D eigenvalue weighted by Crippen LogP contribution is -2.47. The summed E-state index contributed by atoms with van der Waals surface area (Å²) in [6, 6.07) is -0.0238. The van der Waals surface area contributed by atoms with Crippen molar-refractivity contribution in [1.29, 1.82) is 0 Å². The number of aromatic amines is 1. The molecule has 1 aliphatic carbocycles. The number of methoxy groups -OCH3 is 1. The fraction of sp³-hybridized carbons (Fsp3) is 0.667. The van der Waals surface area contributed by atoms with Crippen molar-refractivity contribution in [3.63, 3.8) is 0 Å². The Balaban J connectivity index is 2.03. The maximum absolute atomic E-state index is 11.9. The summed E-state index contributed by atoms with van der Waals surface area (Å²) in [5.74, 6) is 0. The lowest BCUT2D eigenvalue weighted by atomic mass is 9.90. The SMILES string of the molecule is COC1CC(NS(=O)(=O)c2cn[nH]c2C)C1. The highest BCUT2D eigenvalue weighted by atomic mass is 32.2. The van der Waals surface area contributed by atoms with Crippen LogP contribution in [0.25, 0.3) is 0 Å². The standard InChI is InChI=1S/C9H15N3O3S/c1-6-9(5-10-11-6)16(13,14)12-7-3-8(4-7)15-2/h5,7-8,12H,3-4H2,1-2H3,(H,10,11). The van der Waals surface area contributed by atoms with E-state index in [0.717, 1.165) is 12.8 Å². The molecule has 1 heterocycles. The minimum Gasteiger partial charge on any atom is -0.381 e. The number of nitrogens with one attached hydrogen (secondary N) is 2. The van der Waals surface area contributed by atoms with Gasteiger partial charge in [-0.15, -0.1) is 0 Å². The number of hydrogen-bond donors (Lipinski definition) is 2. The van der Waals surface area contributed by atoms with E-state index < -0.39 is 10.0 Å². The molecule has 16 heavy (non-hydrogen) atoms. The molecule has 0 amide bonds. The maximum atomic E-state index is 11.9. The van der Waals surface area contributed by atoms with Crippen LogP contribution in [0.4, 0.5) is 0 Å². The monoisotopic (exact) mass is 245 g/mol. The van der Waals surface area contributed by atoms with E-state index in [4.69, 9.17) is 4.74 Å². The van der Waals surface area contributed by atoms with Crippen LogP contribution in [0.15, 0.2) is 11.1 Å². The molecule has 1 aromatic rings. The van der Waals surface area contributed by atoms with E-state index in [0.29, 0.717) is 5.69 Å². The molecule has 1 fully saturated rings. The number of ether oxygens (including phenoxy) is 1. The van der Waals surface area contributed by atoms with Crippen molar-refractivity contribution >= 4 is 10.0 Å². The van der Waals surface area contributed by atoms with Gasteiger partial charge in [0.25, 0.3) is 0 Å². The van der Waals surface area contributed by atoms with Gasteiger partial charge < -0.3 is 4.74 Å². The molecular weight excluding hydrogens is 230 g/mol. The van der Waals surface area contributed by atoms with Gasteiger partial charge in [-0.05, 0) is 19.8 Å². The summed E-state index contributed by atoms with van der Waals surface area (Å²) in [4.78, 5) is 0.216. The van der Waals surface area contributed by atoms with Gasteiger partial charge in [0.2, 0.25) is 10.0 Å². The minimum atomic E-state index is -3.44. The number of rotatable bonds is 4. The molecule has 1 saturated carbocycles. The van der Waals surface area contributed by atoms with E-state index in [1.807, 2.05) is 0 Å². The molecule has 0 unspecified atom stereocenters. The Kier molecular flexibility index (Phi) is 3.00. The van der Waals surface area contributed by atoms with Crippen LogP contribution in [0.3, 0.4) is 0 Å². The molecule has 2 N–H and O–H groups in total. The fourth-order valence-electron chi connectivity index (χ4n) is 1.75. The molecule has 1 aliphatic rings. The molecule has 7 heteroatoms. The number of aromatic nitrogens is 2. The Morgan fingerprint density at radius 3 is 2.75 bits per heavy atom. The van der Waals surface area contributed by atoms with Crippen molar-refractivity contribution in [1.82, 2.24) is 14.9 Å². The lowest BCUT2D eigenvalue weighted by molar-refractivity contribution is 0.0236. The molecule has 0 radical (unpaired) electrons. The van der Waals surface area contributed by atoms with E-state index >= 15 is 0 Å². The van der Waals surface area contributed by atoms with Crippen molar-refractivity contribution in [2.75, 3.05) is 7.11 Å². The van der Waals surface area contributed by atoms with Gasteiger partial charge in [0, 0.05) is 13.2 Å². The zero-order chi connectivity index (χ0) is 11.8. The highest BCUT2D eigenvalue weighted by molar-refractivity contribution is 7.89. The summed E-state index contributed by atoms with van der Waals surface area (Å²) in [6.07, 6.45) is 2.96. The number of nitrogens with zero attached hydrogens (tertiary/aromatic N) is 1. The first kappa shape index (κ1) is 11.6. The lowest BCUT2D eigenvalue weighted by Gasteiger charge is -2.34. The second-order valence-electron chi connectivity index (χ2n) is 4.01. The van der Waals surface area contributed by atoms with Crippen LogP contribution in [0.5, 0.6) is 0 Å². The molecule has 0 bridgehead atoms. The summed E-state index contributed by atoms with van der Waals surface area (Å²) >= 11 is 0. The first-order chi connectivity index (χ1) is 7.53. The third kappa shape index (κ3) is 2.11. The molecule has 0 spiro atoms. The zero-order valence-electron chi connectivity index (χ0n) is 9.23. The van der Waals surface area contributed by atoms with E-state index in [-0.39, 0.29) is 17.0 Å². The van der Waals surface area contributed by atoms with Crippen molar-refractivity contribution < 1.29 is 13.2 Å². The Hall–Kier alpha value is -0.920. The Morgan fingerprint density at radius 1 is 1.56 bits per heavy atom. The van der Waals surface area contributed by atoms with Crippen LogP contribution in [-0.4, -0.2) is 37.9 Å². The summed E-state index contributed by atoms with van der Waals surface area (Å²) in [5.41, 5.74) is 0.551. The third-order valence-corrected chi connectivity index (χ3v) is 4.46. The maximum Gasteiger partial charge on any atom is 0.244 e. The number of H-pyrrole nitrogens is 1. The second kappa shape index (κ2) is 4.15. The predicted molar refractivity (Wildman–Crippen MR) is 57.5 cm³/mol. The van der Waals surface area contributed by atoms with Gasteiger partial charge in [-0.1, -0.05) is 0 Å². The number of hydrogen-bond acceptors (Lipinski definition) is 4.